The van der Waals surface area contributed by atoms with Crippen LogP contribution in [-0.4, -0.2) is 55.5 Å². The van der Waals surface area contributed by atoms with Gasteiger partial charge in [0, 0.05) is 26.2 Å². The summed E-state index contributed by atoms with van der Waals surface area (Å²) in [4.78, 5) is 29.7. The number of hydrogen-bond acceptors (Lipinski definition) is 3. The van der Waals surface area contributed by atoms with Crippen LogP contribution in [0.2, 0.25) is 0 Å². The largest absolute Gasteiger partial charge is 0.355 e. The predicted octanol–water partition coefficient (Wildman–Crippen LogP) is 3.03. The van der Waals surface area contributed by atoms with Gasteiger partial charge < -0.3 is 20.4 Å². The van der Waals surface area contributed by atoms with E-state index < -0.39 is 0 Å². The lowest BCUT2D eigenvalue weighted by molar-refractivity contribution is -0.126. The summed E-state index contributed by atoms with van der Waals surface area (Å²) in [6.45, 7) is 2.31. The number of rotatable bonds is 7. The summed E-state index contributed by atoms with van der Waals surface area (Å²) in [5, 5.41) is 6.05. The molecule has 6 nitrogen and oxygen atoms in total. The van der Waals surface area contributed by atoms with Crippen LogP contribution in [0.3, 0.4) is 0 Å². The van der Waals surface area contributed by atoms with E-state index in [1.165, 1.54) is 0 Å². The molecule has 2 aromatic rings. The lowest BCUT2D eigenvalue weighted by Gasteiger charge is -2.39. The van der Waals surface area contributed by atoms with E-state index in [2.05, 4.69) is 22.8 Å². The van der Waals surface area contributed by atoms with Gasteiger partial charge in [0.05, 0.1) is 12.0 Å². The molecule has 6 heteroatoms. The third-order valence-corrected chi connectivity index (χ3v) is 5.54. The van der Waals surface area contributed by atoms with E-state index in [0.717, 1.165) is 30.5 Å². The average molecular weight is 409 g/mol. The molecular weight excluding hydrogens is 376 g/mol. The molecule has 1 saturated heterocycles. The van der Waals surface area contributed by atoms with Crippen molar-refractivity contribution < 1.29 is 9.59 Å². The molecule has 3 amide bonds. The van der Waals surface area contributed by atoms with Gasteiger partial charge in [-0.05, 0) is 38.1 Å². The summed E-state index contributed by atoms with van der Waals surface area (Å²) in [6, 6.07) is 19.8. The van der Waals surface area contributed by atoms with E-state index in [9.17, 15) is 9.59 Å². The van der Waals surface area contributed by atoms with E-state index in [-0.39, 0.29) is 23.9 Å². The van der Waals surface area contributed by atoms with Gasteiger partial charge in [0.25, 0.3) is 0 Å². The highest BCUT2D eigenvalue weighted by atomic mass is 16.2. The lowest BCUT2D eigenvalue weighted by atomic mass is 9.88. The van der Waals surface area contributed by atoms with Crippen LogP contribution in [0.25, 0.3) is 0 Å². The molecule has 2 aromatic carbocycles. The van der Waals surface area contributed by atoms with Crippen molar-refractivity contribution in [1.82, 2.24) is 20.4 Å². The van der Waals surface area contributed by atoms with E-state index in [4.69, 9.17) is 0 Å². The Bertz CT molecular complexity index is 810. The molecule has 0 bridgehead atoms. The number of carbonyl (C=O) groups is 2. The zero-order valence-corrected chi connectivity index (χ0v) is 17.9. The zero-order chi connectivity index (χ0) is 21.3. The Labute approximate surface area is 179 Å². The fourth-order valence-corrected chi connectivity index (χ4v) is 3.85. The van der Waals surface area contributed by atoms with Crippen molar-refractivity contribution in [3.8, 4) is 0 Å². The minimum atomic E-state index is -0.186. The van der Waals surface area contributed by atoms with Crippen LogP contribution in [0.1, 0.15) is 30.0 Å². The highest BCUT2D eigenvalue weighted by Crippen LogP contribution is 2.33. The molecular formula is C24H32N4O2. The number of piperidine rings is 1. The summed E-state index contributed by atoms with van der Waals surface area (Å²) in [5.41, 5.74) is 2.16. The quantitative estimate of drug-likeness (QED) is 0.740. The van der Waals surface area contributed by atoms with Crippen molar-refractivity contribution in [2.45, 2.75) is 25.4 Å². The van der Waals surface area contributed by atoms with E-state index in [1.807, 2.05) is 72.4 Å². The summed E-state index contributed by atoms with van der Waals surface area (Å²) < 4.78 is 0. The maximum absolute atomic E-state index is 13.1. The topological polar surface area (TPSA) is 64.7 Å². The SMILES string of the molecule is CN(C)CCNC(=O)C1CCC(c2ccccc2)N(C(=O)NCc2ccccc2)C1. The van der Waals surface area contributed by atoms with Gasteiger partial charge in [-0.1, -0.05) is 60.7 Å². The van der Waals surface area contributed by atoms with Crippen LogP contribution in [0, 0.1) is 5.92 Å². The molecule has 0 aromatic heterocycles. The van der Waals surface area contributed by atoms with Gasteiger partial charge in [0.1, 0.15) is 0 Å². The van der Waals surface area contributed by atoms with Crippen molar-refractivity contribution in [2.24, 2.45) is 5.92 Å². The number of hydrogen-bond donors (Lipinski definition) is 2. The molecule has 1 fully saturated rings. The van der Waals surface area contributed by atoms with Crippen LogP contribution in [0.5, 0.6) is 0 Å². The van der Waals surface area contributed by atoms with Crippen LogP contribution >= 0.6 is 0 Å². The van der Waals surface area contributed by atoms with Gasteiger partial charge in [-0.3, -0.25) is 4.79 Å². The number of likely N-dealkylation sites (N-methyl/N-ethyl adjacent to an activating group) is 1. The summed E-state index contributed by atoms with van der Waals surface area (Å²) in [5.74, 6) is -0.154. The number of benzene rings is 2. The highest BCUT2D eigenvalue weighted by molar-refractivity contribution is 5.81. The second-order valence-corrected chi connectivity index (χ2v) is 8.09. The Morgan fingerprint density at radius 3 is 2.30 bits per heavy atom. The average Bonchev–Trinajstić information content (AvgIpc) is 2.78. The molecule has 2 N–H and O–H groups in total. The van der Waals surface area contributed by atoms with Gasteiger partial charge >= 0.3 is 6.03 Å². The first-order valence-corrected chi connectivity index (χ1v) is 10.6. The van der Waals surface area contributed by atoms with Gasteiger partial charge in [-0.2, -0.15) is 0 Å². The third kappa shape index (κ3) is 6.07. The summed E-state index contributed by atoms with van der Waals surface area (Å²) in [7, 11) is 3.96. The number of nitrogens with zero attached hydrogens (tertiary/aromatic N) is 2. The molecule has 0 saturated carbocycles. The van der Waals surface area contributed by atoms with Crippen LogP contribution < -0.4 is 10.6 Å². The van der Waals surface area contributed by atoms with E-state index >= 15 is 0 Å². The van der Waals surface area contributed by atoms with Gasteiger partial charge in [-0.15, -0.1) is 0 Å². The maximum atomic E-state index is 13.1. The first kappa shape index (κ1) is 21.8. The second kappa shape index (κ2) is 10.8. The highest BCUT2D eigenvalue weighted by Gasteiger charge is 2.35. The zero-order valence-electron chi connectivity index (χ0n) is 17.9. The fourth-order valence-electron chi connectivity index (χ4n) is 3.85. The number of urea groups is 1. The van der Waals surface area contributed by atoms with Crippen molar-refractivity contribution >= 4 is 11.9 Å². The Morgan fingerprint density at radius 1 is 0.967 bits per heavy atom. The number of likely N-dealkylation sites (tertiary alicyclic amines) is 1. The molecule has 2 atom stereocenters. The van der Waals surface area contributed by atoms with Gasteiger partial charge in [0.15, 0.2) is 0 Å². The van der Waals surface area contributed by atoms with Gasteiger partial charge in [-0.25, -0.2) is 4.79 Å². The molecule has 1 aliphatic heterocycles. The molecule has 0 aliphatic carbocycles. The van der Waals surface area contributed by atoms with Crippen molar-refractivity contribution in [2.75, 3.05) is 33.7 Å². The molecule has 30 heavy (non-hydrogen) atoms. The van der Waals surface area contributed by atoms with Gasteiger partial charge in [0.2, 0.25) is 5.91 Å². The Hall–Kier alpha value is -2.86. The first-order valence-electron chi connectivity index (χ1n) is 10.6. The number of amides is 3. The molecule has 2 unspecified atom stereocenters. The smallest absolute Gasteiger partial charge is 0.318 e. The van der Waals surface area contributed by atoms with Crippen LogP contribution in [0.4, 0.5) is 4.79 Å². The third-order valence-electron chi connectivity index (χ3n) is 5.54. The van der Waals surface area contributed by atoms with Crippen LogP contribution in [0.15, 0.2) is 60.7 Å². The molecule has 0 radical (unpaired) electrons. The Morgan fingerprint density at radius 2 is 1.63 bits per heavy atom. The molecule has 160 valence electrons. The Balaban J connectivity index is 1.67. The summed E-state index contributed by atoms with van der Waals surface area (Å²) >= 11 is 0. The predicted molar refractivity (Wildman–Crippen MR) is 119 cm³/mol. The maximum Gasteiger partial charge on any atom is 0.318 e. The van der Waals surface area contributed by atoms with Crippen molar-refractivity contribution in [3.63, 3.8) is 0 Å². The lowest BCUT2D eigenvalue weighted by Crippen LogP contribution is -2.50. The van der Waals surface area contributed by atoms with Crippen molar-refractivity contribution in [3.05, 3.63) is 71.8 Å². The second-order valence-electron chi connectivity index (χ2n) is 8.09. The van der Waals surface area contributed by atoms with E-state index in [1.54, 1.807) is 0 Å². The molecule has 1 aliphatic rings. The molecule has 1 heterocycles. The van der Waals surface area contributed by atoms with Crippen LogP contribution in [-0.2, 0) is 11.3 Å². The normalized spacial score (nSPS) is 18.8. The number of carbonyl (C=O) groups excluding carboxylic acids is 2. The van der Waals surface area contributed by atoms with Crippen molar-refractivity contribution in [1.29, 1.82) is 0 Å². The minimum Gasteiger partial charge on any atom is -0.355 e. The first-order chi connectivity index (χ1) is 14.5. The van der Waals surface area contributed by atoms with E-state index in [0.29, 0.717) is 19.6 Å². The monoisotopic (exact) mass is 408 g/mol. The Kier molecular flexibility index (Phi) is 7.85. The molecule has 0 spiro atoms. The number of nitrogens with one attached hydrogen (secondary N) is 2. The fraction of sp³-hybridized carbons (Fsp3) is 0.417. The minimum absolute atomic E-state index is 0.0206. The molecule has 3 rings (SSSR count). The summed E-state index contributed by atoms with van der Waals surface area (Å²) in [6.07, 6.45) is 1.55. The standard InChI is InChI=1S/C24H32N4O2/c1-27(2)16-15-25-23(29)21-13-14-22(20-11-7-4-8-12-20)28(18-21)24(30)26-17-19-9-5-3-6-10-19/h3-12,21-22H,13-18H2,1-2H3,(H,25,29)(H,26,30).